The average molecular weight is 469 g/mol. The van der Waals surface area contributed by atoms with E-state index in [0.717, 1.165) is 25.7 Å². The van der Waals surface area contributed by atoms with Crippen LogP contribution in [0.4, 0.5) is 5.69 Å². The molecule has 9 nitrogen and oxygen atoms in total. The summed E-state index contributed by atoms with van der Waals surface area (Å²) < 4.78 is 10.7. The number of non-ortho nitro benzene ring substituents is 1. The Balaban J connectivity index is 1.84. The van der Waals surface area contributed by atoms with E-state index in [1.54, 1.807) is 19.9 Å². The topological polar surface area (TPSA) is 125 Å². The minimum absolute atomic E-state index is 0.152. The Bertz CT molecular complexity index is 1110. The van der Waals surface area contributed by atoms with E-state index in [1.807, 2.05) is 0 Å². The Kier molecular flexibility index (Phi) is 6.54. The summed E-state index contributed by atoms with van der Waals surface area (Å²) in [6.07, 6.45) is 3.72. The summed E-state index contributed by atoms with van der Waals surface area (Å²) in [5.74, 6) is -3.85. The van der Waals surface area contributed by atoms with Gasteiger partial charge in [-0.2, -0.15) is 0 Å². The molecule has 0 unspecified atom stereocenters. The number of allylic oxidation sites excluding steroid dienone is 3. The van der Waals surface area contributed by atoms with Gasteiger partial charge >= 0.3 is 11.9 Å². The number of hydrogen-bond donors (Lipinski definition) is 1. The van der Waals surface area contributed by atoms with Gasteiger partial charge in [0.25, 0.3) is 5.69 Å². The molecule has 1 aromatic carbocycles. The number of nitrogens with one attached hydrogen (secondary N) is 1. The zero-order chi connectivity index (χ0) is 24.6. The molecule has 34 heavy (non-hydrogen) atoms. The molecule has 1 heterocycles. The van der Waals surface area contributed by atoms with E-state index in [2.05, 4.69) is 5.32 Å². The number of carbonyl (C=O) groups excluding carboxylic acids is 3. The Morgan fingerprint density at radius 2 is 1.91 bits per heavy atom. The zero-order valence-electron chi connectivity index (χ0n) is 19.5. The van der Waals surface area contributed by atoms with Crippen molar-refractivity contribution in [2.75, 3.05) is 7.11 Å². The quantitative estimate of drug-likeness (QED) is 0.300. The van der Waals surface area contributed by atoms with Gasteiger partial charge in [0.05, 0.1) is 17.6 Å². The Hall–Kier alpha value is -3.49. The summed E-state index contributed by atoms with van der Waals surface area (Å²) in [5, 5.41) is 14.7. The van der Waals surface area contributed by atoms with Crippen LogP contribution in [0.25, 0.3) is 0 Å². The minimum atomic E-state index is -1.02. The third kappa shape index (κ3) is 4.22. The molecule has 1 fully saturated rings. The third-order valence-corrected chi connectivity index (χ3v) is 6.95. The number of Topliss-reactive ketones (excluding diaryl/α,β-unsaturated/α-hetero) is 1. The first-order valence-corrected chi connectivity index (χ1v) is 11.5. The molecule has 0 bridgehead atoms. The van der Waals surface area contributed by atoms with Crippen molar-refractivity contribution in [2.45, 2.75) is 58.0 Å². The van der Waals surface area contributed by atoms with E-state index < -0.39 is 34.5 Å². The van der Waals surface area contributed by atoms with Crippen LogP contribution >= 0.6 is 0 Å². The number of benzene rings is 1. The number of methoxy groups -OCH3 is 1. The van der Waals surface area contributed by atoms with E-state index in [9.17, 15) is 24.5 Å². The van der Waals surface area contributed by atoms with Crippen LogP contribution in [0.2, 0.25) is 0 Å². The number of nitro groups is 1. The molecule has 3 aliphatic rings. The fourth-order valence-electron chi connectivity index (χ4n) is 5.32. The number of carbonyl (C=O) groups is 3. The van der Waals surface area contributed by atoms with Gasteiger partial charge in [0.1, 0.15) is 12.0 Å². The first-order chi connectivity index (χ1) is 16.2. The molecule has 0 aromatic heterocycles. The number of dihydropyridines is 1. The lowest BCUT2D eigenvalue weighted by Gasteiger charge is -2.38. The molecule has 4 rings (SSSR count). The monoisotopic (exact) mass is 468 g/mol. The Morgan fingerprint density at radius 3 is 2.56 bits per heavy atom. The minimum Gasteiger partial charge on any atom is -0.468 e. The lowest BCUT2D eigenvalue weighted by molar-refractivity contribution is -0.384. The number of hydrogen-bond acceptors (Lipinski definition) is 8. The molecule has 0 amide bonds. The van der Waals surface area contributed by atoms with Crippen molar-refractivity contribution in [1.29, 1.82) is 0 Å². The number of ether oxygens (including phenoxy) is 2. The van der Waals surface area contributed by atoms with Crippen LogP contribution in [0.5, 0.6) is 0 Å². The lowest BCUT2D eigenvalue weighted by Crippen LogP contribution is -2.43. The molecule has 1 aliphatic heterocycles. The van der Waals surface area contributed by atoms with Gasteiger partial charge in [0.15, 0.2) is 5.78 Å². The zero-order valence-corrected chi connectivity index (χ0v) is 19.5. The number of ketones is 1. The van der Waals surface area contributed by atoms with E-state index in [4.69, 9.17) is 9.47 Å². The van der Waals surface area contributed by atoms with Gasteiger partial charge in [-0.05, 0) is 50.5 Å². The number of esters is 2. The maximum Gasteiger partial charge on any atom is 0.337 e. The molecular weight excluding hydrogens is 440 g/mol. The third-order valence-electron chi connectivity index (χ3n) is 6.95. The van der Waals surface area contributed by atoms with Gasteiger partial charge in [-0.25, -0.2) is 4.79 Å². The van der Waals surface area contributed by atoms with Crippen LogP contribution in [0.3, 0.4) is 0 Å². The fraction of sp³-hybridized carbons (Fsp3) is 0.480. The average Bonchev–Trinajstić information content (AvgIpc) is 3.30. The van der Waals surface area contributed by atoms with E-state index in [0.29, 0.717) is 23.4 Å². The van der Waals surface area contributed by atoms with Crippen molar-refractivity contribution in [3.05, 3.63) is 62.5 Å². The van der Waals surface area contributed by atoms with Crippen molar-refractivity contribution in [3.63, 3.8) is 0 Å². The Morgan fingerprint density at radius 1 is 1.21 bits per heavy atom. The molecule has 0 saturated heterocycles. The number of nitrogens with zero attached hydrogens (tertiary/aromatic N) is 1. The highest BCUT2D eigenvalue weighted by molar-refractivity contribution is 6.12. The van der Waals surface area contributed by atoms with Crippen molar-refractivity contribution in [2.24, 2.45) is 11.8 Å². The van der Waals surface area contributed by atoms with Crippen LogP contribution in [0.15, 0.2) is 46.8 Å². The maximum atomic E-state index is 13.7. The normalized spacial score (nSPS) is 25.0. The van der Waals surface area contributed by atoms with Gasteiger partial charge in [-0.3, -0.25) is 19.7 Å². The fourth-order valence-corrected chi connectivity index (χ4v) is 5.32. The van der Waals surface area contributed by atoms with Crippen molar-refractivity contribution in [1.82, 2.24) is 5.32 Å². The van der Waals surface area contributed by atoms with Crippen LogP contribution in [-0.4, -0.2) is 35.9 Å². The van der Waals surface area contributed by atoms with Crippen LogP contribution < -0.4 is 5.32 Å². The Labute approximate surface area is 197 Å². The van der Waals surface area contributed by atoms with Gasteiger partial charge in [0, 0.05) is 35.0 Å². The molecule has 1 saturated carbocycles. The van der Waals surface area contributed by atoms with Gasteiger partial charge in [0.2, 0.25) is 0 Å². The molecule has 180 valence electrons. The molecule has 1 N–H and O–H groups in total. The van der Waals surface area contributed by atoms with Gasteiger partial charge in [-0.15, -0.1) is 0 Å². The summed E-state index contributed by atoms with van der Waals surface area (Å²) in [5.41, 5.74) is 1.92. The second kappa shape index (κ2) is 9.40. The summed E-state index contributed by atoms with van der Waals surface area (Å²) in [4.78, 5) is 50.5. The molecular formula is C25H28N2O7. The first-order valence-electron chi connectivity index (χ1n) is 11.5. The molecule has 0 radical (unpaired) electrons. The van der Waals surface area contributed by atoms with Gasteiger partial charge in [-0.1, -0.05) is 19.1 Å². The molecule has 2 aliphatic carbocycles. The predicted molar refractivity (Wildman–Crippen MR) is 121 cm³/mol. The largest absolute Gasteiger partial charge is 0.468 e. The van der Waals surface area contributed by atoms with E-state index in [-0.39, 0.29) is 28.9 Å². The molecule has 0 spiro atoms. The number of nitro benzene ring substituents is 1. The maximum absolute atomic E-state index is 13.7. The highest BCUT2D eigenvalue weighted by atomic mass is 16.6. The van der Waals surface area contributed by atoms with Crippen molar-refractivity contribution in [3.8, 4) is 0 Å². The second-order valence-electron chi connectivity index (χ2n) is 9.20. The summed E-state index contributed by atoms with van der Waals surface area (Å²) in [7, 11) is 1.23. The molecule has 3 atom stereocenters. The molecule has 9 heteroatoms. The van der Waals surface area contributed by atoms with E-state index >= 15 is 0 Å². The van der Waals surface area contributed by atoms with Crippen molar-refractivity contribution >= 4 is 23.4 Å². The SMILES string of the molecule is COC(=O)[C@H]1C(=O)C2=C(C[C@@H]1C)NC(C)=C(C(=O)OC1CCCC1)[C@@H]2c1cccc([N+](=O)[O-])c1. The van der Waals surface area contributed by atoms with Crippen molar-refractivity contribution < 1.29 is 28.8 Å². The van der Waals surface area contributed by atoms with Crippen LogP contribution in [0.1, 0.15) is 57.4 Å². The predicted octanol–water partition coefficient (Wildman–Crippen LogP) is 3.69. The van der Waals surface area contributed by atoms with E-state index in [1.165, 1.54) is 25.3 Å². The highest BCUT2D eigenvalue weighted by Gasteiger charge is 2.47. The number of rotatable bonds is 5. The summed E-state index contributed by atoms with van der Waals surface area (Å²) in [6, 6.07) is 5.91. The summed E-state index contributed by atoms with van der Waals surface area (Å²) >= 11 is 0. The van der Waals surface area contributed by atoms with Crippen LogP contribution in [-0.2, 0) is 23.9 Å². The molecule has 1 aromatic rings. The highest BCUT2D eigenvalue weighted by Crippen LogP contribution is 2.46. The lowest BCUT2D eigenvalue weighted by atomic mass is 9.69. The second-order valence-corrected chi connectivity index (χ2v) is 9.20. The van der Waals surface area contributed by atoms with Crippen LogP contribution in [0, 0.1) is 22.0 Å². The summed E-state index contributed by atoms with van der Waals surface area (Å²) in [6.45, 7) is 3.54. The standard InChI is InChI=1S/C25H28N2O7/c1-13-11-18-22(23(28)19(13)24(29)33-3)21(15-7-6-8-16(12-15)27(31)32)20(14(2)26-18)25(30)34-17-9-4-5-10-17/h6-8,12-13,17,19,21,26H,4-5,9-11H2,1-3H3/t13-,19+,21-/m0/s1. The first kappa shape index (κ1) is 23.7. The van der Waals surface area contributed by atoms with Gasteiger partial charge < -0.3 is 14.8 Å². The smallest absolute Gasteiger partial charge is 0.337 e.